The number of carbonyl (C=O) groups excluding carboxylic acids is 6. The van der Waals surface area contributed by atoms with Crippen LogP contribution in [-0.2, 0) is 23.8 Å². The fourth-order valence-electron chi connectivity index (χ4n) is 13.8. The molecule has 0 bridgehead atoms. The van der Waals surface area contributed by atoms with Crippen LogP contribution in [0.15, 0.2) is 114 Å². The van der Waals surface area contributed by atoms with Crippen LogP contribution in [0.25, 0.3) is 0 Å². The SMILES string of the molecule is C=CC(=O)Nc1ccc(C(=O)N2CC[C@@H](Nc3ncc(C4CC4)c(OC)n3)C2)cc1.C=CC(=O)Nc1ccc(C(=O)O)cc1.CC(C)(C)OC(=O)N1CC[C@@H](N)C1.COc1nc(Cl)ncc1Br.COc1nc(N[C@@H]2CCN(C(=O)OC(C)(C)C)C2)ncc1Br.COc1nc(N[C@@H]2CCN(C(=O)OC(C)(C)C)C2)ncc1C1CC1.COc1nc(N[C@@H]2CCNC2)ncc1C1CC1.Cl.OB(O)C1CC1. The Hall–Kier alpha value is -11.3. The van der Waals surface area contributed by atoms with Gasteiger partial charge in [0.1, 0.15) is 16.8 Å². The second-order valence-electron chi connectivity index (χ2n) is 36.2. The Morgan fingerprint density at radius 2 is 0.796 bits per heavy atom. The topological polar surface area (TPSA) is 506 Å². The van der Waals surface area contributed by atoms with Gasteiger partial charge in [0, 0.05) is 148 Å². The number of hydrogen-bond acceptors (Lipinski definition) is 33. The summed E-state index contributed by atoms with van der Waals surface area (Å²) >= 11 is 12.0. The molecule has 12 N–H and O–H groups in total. The third-order valence-corrected chi connectivity index (χ3v) is 22.7. The third kappa shape index (κ3) is 38.2. The molecule has 0 radical (unpaired) electrons. The van der Waals surface area contributed by atoms with Crippen LogP contribution in [-0.4, -0.2) is 282 Å². The molecule has 4 saturated carbocycles. The van der Waals surface area contributed by atoms with Gasteiger partial charge < -0.3 is 116 Å². The molecule has 5 atom stereocenters. The number of carboxylic acids is 1. The number of nitrogens with one attached hydrogen (secondary N) is 7. The number of amides is 6. The summed E-state index contributed by atoms with van der Waals surface area (Å²) in [5.74, 6) is 5.42. The first-order valence-corrected chi connectivity index (χ1v) is 47.0. The van der Waals surface area contributed by atoms with Crippen molar-refractivity contribution in [3.8, 4) is 29.4 Å². The minimum atomic E-state index is -1.04. The molecule has 40 nitrogen and oxygen atoms in total. The van der Waals surface area contributed by atoms with Gasteiger partial charge in [-0.3, -0.25) is 14.4 Å². The molecule has 746 valence electrons. The van der Waals surface area contributed by atoms with Crippen molar-refractivity contribution in [1.29, 1.82) is 0 Å². The first-order chi connectivity index (χ1) is 64.6. The number of aromatic carboxylic acids is 1. The fraction of sp³-hybridized carbons (Fsp3) is 0.533. The number of carbonyl (C=O) groups is 7. The summed E-state index contributed by atoms with van der Waals surface area (Å²) in [6.45, 7) is 30.6. The average Bonchev–Trinajstić information content (AvgIpc) is 1.69. The van der Waals surface area contributed by atoms with Gasteiger partial charge in [0.15, 0.2) is 0 Å². The van der Waals surface area contributed by atoms with E-state index in [1.165, 1.54) is 69.3 Å². The van der Waals surface area contributed by atoms with Gasteiger partial charge in [0.05, 0.1) is 56.3 Å². The van der Waals surface area contributed by atoms with Gasteiger partial charge in [0.2, 0.25) is 70.3 Å². The summed E-state index contributed by atoms with van der Waals surface area (Å²) in [5, 5.41) is 46.9. The number of nitrogens with two attached hydrogens (primary N) is 1. The highest BCUT2D eigenvalue weighted by atomic mass is 79.9. The van der Waals surface area contributed by atoms with Crippen molar-refractivity contribution in [2.24, 2.45) is 5.73 Å². The Balaban J connectivity index is 0.000000198. The van der Waals surface area contributed by atoms with Crippen LogP contribution in [0.1, 0.15) is 201 Å². The van der Waals surface area contributed by atoms with E-state index in [1.807, 2.05) is 85.8 Å². The number of methoxy groups -OCH3 is 5. The molecule has 45 heteroatoms. The van der Waals surface area contributed by atoms with E-state index in [0.29, 0.717) is 143 Å². The summed E-state index contributed by atoms with van der Waals surface area (Å²) in [4.78, 5) is 131. The van der Waals surface area contributed by atoms with E-state index in [1.54, 1.807) is 73.6 Å². The number of hydrogen-bond donors (Lipinski definition) is 11. The number of nitrogens with zero attached hydrogens (tertiary/aromatic N) is 14. The van der Waals surface area contributed by atoms with Gasteiger partial charge in [-0.25, -0.2) is 44.1 Å². The summed E-state index contributed by atoms with van der Waals surface area (Å²) < 4.78 is 43.5. The largest absolute Gasteiger partial charge is 0.481 e. The highest BCUT2D eigenvalue weighted by Gasteiger charge is 2.37. The quantitative estimate of drug-likeness (QED) is 0.0123. The number of carboxylic acid groups (broad SMARTS) is 1. The average molecular weight is 2070 g/mol. The fourth-order valence-corrected chi connectivity index (χ4v) is 14.7. The number of rotatable bonds is 23. The number of benzene rings is 2. The summed E-state index contributed by atoms with van der Waals surface area (Å²) in [6.07, 6.45) is 23.9. The third-order valence-electron chi connectivity index (χ3n) is 21.4. The van der Waals surface area contributed by atoms with E-state index in [2.05, 4.69) is 132 Å². The molecular weight excluding hydrogens is 1940 g/mol. The minimum Gasteiger partial charge on any atom is -0.481 e. The molecule has 137 heavy (non-hydrogen) atoms. The van der Waals surface area contributed by atoms with E-state index < -0.39 is 29.9 Å². The van der Waals surface area contributed by atoms with E-state index >= 15 is 0 Å². The maximum Gasteiger partial charge on any atom is 0.454 e. The van der Waals surface area contributed by atoms with Crippen LogP contribution < -0.4 is 66.6 Å². The van der Waals surface area contributed by atoms with E-state index in [-0.39, 0.29) is 89.2 Å². The molecule has 5 aliphatic heterocycles. The van der Waals surface area contributed by atoms with Gasteiger partial charge in [-0.05, 0) is 267 Å². The number of likely N-dealkylation sites (tertiary alicyclic amines) is 4. The minimum absolute atomic E-state index is 0. The predicted octanol–water partition coefficient (Wildman–Crippen LogP) is 13.8. The smallest absolute Gasteiger partial charge is 0.454 e. The van der Waals surface area contributed by atoms with Gasteiger partial charge in [-0.1, -0.05) is 26.0 Å². The normalized spacial score (nSPS) is 18.2. The maximum atomic E-state index is 12.8. The molecule has 5 aromatic heterocycles. The van der Waals surface area contributed by atoms with Crippen LogP contribution in [0.3, 0.4) is 0 Å². The Labute approximate surface area is 827 Å². The molecule has 5 saturated heterocycles. The Bertz CT molecular complexity index is 5150. The van der Waals surface area contributed by atoms with Crippen molar-refractivity contribution < 1.29 is 86.6 Å². The van der Waals surface area contributed by atoms with E-state index in [9.17, 15) is 33.6 Å². The molecule has 10 heterocycles. The lowest BCUT2D eigenvalue weighted by atomic mass is 9.84. The molecule has 7 aromatic rings. The van der Waals surface area contributed by atoms with E-state index in [0.717, 1.165) is 106 Å². The first-order valence-electron chi connectivity index (χ1n) is 45.1. The zero-order valence-corrected chi connectivity index (χ0v) is 84.7. The van der Waals surface area contributed by atoms with Crippen LogP contribution >= 0.6 is 55.9 Å². The van der Waals surface area contributed by atoms with Crippen LogP contribution in [0.5, 0.6) is 29.4 Å². The van der Waals surface area contributed by atoms with Crippen molar-refractivity contribution in [1.82, 2.24) is 74.8 Å². The zero-order valence-electron chi connectivity index (χ0n) is 80.0. The highest BCUT2D eigenvalue weighted by Crippen LogP contribution is 2.46. The summed E-state index contributed by atoms with van der Waals surface area (Å²) in [5.41, 5.74) is 9.55. The molecular formula is C92H129BBr2Cl2N22O18. The van der Waals surface area contributed by atoms with Crippen LogP contribution in [0, 0.1) is 0 Å². The zero-order chi connectivity index (χ0) is 99.1. The molecule has 0 spiro atoms. The molecule has 16 rings (SSSR count). The van der Waals surface area contributed by atoms with Gasteiger partial charge in [0.25, 0.3) is 5.91 Å². The van der Waals surface area contributed by atoms with Crippen molar-refractivity contribution in [2.75, 3.05) is 133 Å². The molecule has 6 amide bonds. The Morgan fingerprint density at radius 1 is 0.460 bits per heavy atom. The second kappa shape index (κ2) is 53.0. The number of halogens is 4. The van der Waals surface area contributed by atoms with Gasteiger partial charge in [-0.15, -0.1) is 12.4 Å². The van der Waals surface area contributed by atoms with Gasteiger partial charge >= 0.3 is 31.4 Å². The number of anilines is 6. The second-order valence-corrected chi connectivity index (χ2v) is 38.3. The Morgan fingerprint density at radius 3 is 1.11 bits per heavy atom. The summed E-state index contributed by atoms with van der Waals surface area (Å²) in [6, 6.07) is 13.6. The Kier molecular flexibility index (Phi) is 42.9. The lowest BCUT2D eigenvalue weighted by molar-refractivity contribution is -0.112. The van der Waals surface area contributed by atoms with Crippen molar-refractivity contribution in [3.05, 3.63) is 147 Å². The molecule has 9 aliphatic rings. The number of ether oxygens (including phenoxy) is 8. The van der Waals surface area contributed by atoms with Crippen molar-refractivity contribution >= 4 is 140 Å². The van der Waals surface area contributed by atoms with Crippen LogP contribution in [0.4, 0.5) is 49.6 Å². The van der Waals surface area contributed by atoms with Gasteiger partial charge in [-0.2, -0.15) is 24.9 Å². The predicted molar refractivity (Wildman–Crippen MR) is 530 cm³/mol. The maximum absolute atomic E-state index is 12.8. The highest BCUT2D eigenvalue weighted by molar-refractivity contribution is 9.11. The molecule has 2 aromatic carbocycles. The molecule has 0 unspecified atom stereocenters. The number of aromatic nitrogens is 10. The molecule has 4 aliphatic carbocycles. The lowest BCUT2D eigenvalue weighted by Gasteiger charge is -2.24. The van der Waals surface area contributed by atoms with Crippen molar-refractivity contribution in [2.45, 2.75) is 216 Å². The van der Waals surface area contributed by atoms with E-state index in [4.69, 9.17) is 70.4 Å². The van der Waals surface area contributed by atoms with Crippen LogP contribution in [0.2, 0.25) is 11.1 Å². The summed E-state index contributed by atoms with van der Waals surface area (Å²) in [7, 11) is 6.97. The lowest BCUT2D eigenvalue weighted by Crippen LogP contribution is -2.36. The van der Waals surface area contributed by atoms with Crippen molar-refractivity contribution in [3.63, 3.8) is 0 Å². The standard InChI is InChI=1S/C22H25N5O3.C17H26N4O3.C14H21BrN4O3.C12H18N4O.C10H9NO3.C9H18N2O2.C5H4BrClN2O.C3H7BO2.ClH/c1-3-19(28)24-16-8-6-15(7-9-16)21(29)27-11-10-17(13-27)25-22-23-12-18(14-4-5-14)20(26-22)30-2;1-17(2,3)24-16(22)21-8-7-12(10-21)19-15-18-9-13(11-5-6-11)14(20-15)23-4;1-14(2,3)22-13(20)19-6-5-9(8-19)17-12-16-7-10(15)11(18-12)21-4;1-17-11-10(8-2-3-8)7-14-12(16-11)15-9-4-5-13-6-9;1-2-9(12)11-8-5-3-7(4-6-8)10(13)14;1-9(2,3)13-8(12)11-5-4-7(10)6-11;1-10-4-3(6)2-8-5(7)9-4;5-4(6)3-1-2-3;/h3,6-9,12,14,17H,1,4-5,10-11,13H2,2H3,(H,24,28)(H,23,25,26);9,11-12H,5-8,10H2,1-4H3,(H,18,19,20);7,9H,5-6,8H2,1-4H3,(H,16,17,18);7-9,13H,2-6H2,1H3,(H,14,15,16);2-6H,1H2,(H,11,12)(H,13,14);7H,4-6,10H2,1-3H3;2H,1H3;3,5-6H,1-2H2;1H/t17-;12-;2*9-;;7-;;;/m1111.1.../s1. The molecule has 9 fully saturated rings. The monoisotopic (exact) mass is 2070 g/mol. The first kappa shape index (κ1) is 111.